The van der Waals surface area contributed by atoms with Crippen LogP contribution >= 0.6 is 11.5 Å². The van der Waals surface area contributed by atoms with E-state index in [9.17, 15) is 4.79 Å². The number of aromatic nitrogens is 2. The van der Waals surface area contributed by atoms with Crippen molar-refractivity contribution in [2.45, 2.75) is 44.6 Å². The van der Waals surface area contributed by atoms with Crippen LogP contribution in [0.2, 0.25) is 0 Å². The number of hydrogen-bond acceptors (Lipinski definition) is 5. The Balaban J connectivity index is 1.58. The standard InChI is InChI=1S/C12H18N4OS/c1-8(11(17)16-6-2-3-7-16)13-12-14-10(15-18-12)9-4-5-9/h8-9H,2-7H2,1H3,(H,13,14,15). The monoisotopic (exact) mass is 266 g/mol. The van der Waals surface area contributed by atoms with E-state index in [4.69, 9.17) is 0 Å². The van der Waals surface area contributed by atoms with Crippen molar-refractivity contribution < 1.29 is 4.79 Å². The lowest BCUT2D eigenvalue weighted by atomic mass is 10.3. The lowest BCUT2D eigenvalue weighted by molar-refractivity contribution is -0.130. The van der Waals surface area contributed by atoms with Gasteiger partial charge in [-0.25, -0.2) is 4.98 Å². The maximum absolute atomic E-state index is 12.1. The molecule has 1 aliphatic heterocycles. The number of hydrogen-bond donors (Lipinski definition) is 1. The van der Waals surface area contributed by atoms with Crippen molar-refractivity contribution in [3.63, 3.8) is 0 Å². The quantitative estimate of drug-likeness (QED) is 0.903. The molecule has 2 aliphatic rings. The van der Waals surface area contributed by atoms with E-state index in [2.05, 4.69) is 14.7 Å². The summed E-state index contributed by atoms with van der Waals surface area (Å²) in [6, 6.07) is -0.205. The highest BCUT2D eigenvalue weighted by Crippen LogP contribution is 2.39. The highest BCUT2D eigenvalue weighted by atomic mass is 32.1. The second kappa shape index (κ2) is 4.84. The third-order valence-electron chi connectivity index (χ3n) is 3.51. The number of likely N-dealkylation sites (tertiary alicyclic amines) is 1. The molecule has 0 bridgehead atoms. The van der Waals surface area contributed by atoms with Crippen molar-refractivity contribution in [2.24, 2.45) is 0 Å². The minimum Gasteiger partial charge on any atom is -0.349 e. The molecule has 1 aliphatic carbocycles. The van der Waals surface area contributed by atoms with Crippen molar-refractivity contribution in [3.8, 4) is 0 Å². The summed E-state index contributed by atoms with van der Waals surface area (Å²) in [5.74, 6) is 1.69. The first-order valence-corrected chi connectivity index (χ1v) is 7.40. The maximum atomic E-state index is 12.1. The van der Waals surface area contributed by atoms with E-state index >= 15 is 0 Å². The Bertz CT molecular complexity index is 437. The molecule has 98 valence electrons. The summed E-state index contributed by atoms with van der Waals surface area (Å²) in [5.41, 5.74) is 0. The third-order valence-corrected chi connectivity index (χ3v) is 4.17. The van der Waals surface area contributed by atoms with E-state index in [0.717, 1.165) is 36.9 Å². The molecule has 1 atom stereocenters. The van der Waals surface area contributed by atoms with Crippen LogP contribution in [0.3, 0.4) is 0 Å². The molecule has 0 spiro atoms. The topological polar surface area (TPSA) is 58.1 Å². The molecule has 1 saturated heterocycles. The van der Waals surface area contributed by atoms with Crippen LogP contribution in [0, 0.1) is 0 Å². The van der Waals surface area contributed by atoms with Gasteiger partial charge >= 0.3 is 0 Å². The van der Waals surface area contributed by atoms with Gasteiger partial charge in [-0.3, -0.25) is 4.79 Å². The fourth-order valence-electron chi connectivity index (χ4n) is 2.26. The largest absolute Gasteiger partial charge is 0.349 e. The molecule has 1 aromatic heterocycles. The van der Waals surface area contributed by atoms with Gasteiger partial charge in [-0.2, -0.15) is 4.37 Å². The van der Waals surface area contributed by atoms with Crippen molar-refractivity contribution in [1.82, 2.24) is 14.3 Å². The summed E-state index contributed by atoms with van der Waals surface area (Å²) < 4.78 is 4.33. The molecule has 1 saturated carbocycles. The predicted molar refractivity (Wildman–Crippen MR) is 70.8 cm³/mol. The number of nitrogens with one attached hydrogen (secondary N) is 1. The summed E-state index contributed by atoms with van der Waals surface area (Å²) >= 11 is 1.36. The third kappa shape index (κ3) is 2.48. The van der Waals surface area contributed by atoms with Gasteiger partial charge in [0.15, 0.2) is 0 Å². The van der Waals surface area contributed by atoms with Crippen molar-refractivity contribution in [2.75, 3.05) is 18.4 Å². The molecule has 1 aromatic rings. The number of amides is 1. The molecule has 0 aromatic carbocycles. The van der Waals surface area contributed by atoms with E-state index in [0.29, 0.717) is 5.92 Å². The number of carbonyl (C=O) groups excluding carboxylic acids is 1. The van der Waals surface area contributed by atoms with Crippen molar-refractivity contribution >= 4 is 22.6 Å². The van der Waals surface area contributed by atoms with Crippen LogP contribution in [0.15, 0.2) is 0 Å². The zero-order valence-electron chi connectivity index (χ0n) is 10.6. The highest BCUT2D eigenvalue weighted by molar-refractivity contribution is 7.09. The van der Waals surface area contributed by atoms with Gasteiger partial charge in [-0.1, -0.05) is 0 Å². The summed E-state index contributed by atoms with van der Waals surface area (Å²) in [5, 5.41) is 3.95. The maximum Gasteiger partial charge on any atom is 0.244 e. The first-order valence-electron chi connectivity index (χ1n) is 6.63. The van der Waals surface area contributed by atoms with Crippen molar-refractivity contribution in [3.05, 3.63) is 5.82 Å². The predicted octanol–water partition coefficient (Wildman–Crippen LogP) is 1.84. The molecule has 1 N–H and O–H groups in total. The first-order chi connectivity index (χ1) is 8.74. The van der Waals surface area contributed by atoms with E-state index < -0.39 is 0 Å². The van der Waals surface area contributed by atoms with Gasteiger partial charge in [0.2, 0.25) is 11.0 Å². The number of nitrogens with zero attached hydrogens (tertiary/aromatic N) is 3. The van der Waals surface area contributed by atoms with Crippen LogP contribution in [-0.4, -0.2) is 39.3 Å². The molecule has 2 fully saturated rings. The molecule has 2 heterocycles. The number of anilines is 1. The van der Waals surface area contributed by atoms with Crippen LogP contribution in [0.5, 0.6) is 0 Å². The average Bonchev–Trinajstić information content (AvgIpc) is 2.91. The zero-order valence-corrected chi connectivity index (χ0v) is 11.4. The Morgan fingerprint density at radius 3 is 2.83 bits per heavy atom. The van der Waals surface area contributed by atoms with Gasteiger partial charge in [0, 0.05) is 30.5 Å². The van der Waals surface area contributed by atoms with Crippen molar-refractivity contribution in [1.29, 1.82) is 0 Å². The second-order valence-corrected chi connectivity index (χ2v) is 5.88. The van der Waals surface area contributed by atoms with E-state index in [-0.39, 0.29) is 11.9 Å². The van der Waals surface area contributed by atoms with Crippen LogP contribution in [-0.2, 0) is 4.79 Å². The van der Waals surface area contributed by atoms with Gasteiger partial charge in [-0.05, 0) is 32.6 Å². The Hall–Kier alpha value is -1.17. The Labute approximate surface area is 111 Å². The molecular formula is C12H18N4OS. The van der Waals surface area contributed by atoms with Gasteiger partial charge in [-0.15, -0.1) is 0 Å². The number of carbonyl (C=O) groups is 1. The molecular weight excluding hydrogens is 248 g/mol. The Morgan fingerprint density at radius 2 is 2.17 bits per heavy atom. The lowest BCUT2D eigenvalue weighted by Gasteiger charge is -2.20. The lowest BCUT2D eigenvalue weighted by Crippen LogP contribution is -2.39. The summed E-state index contributed by atoms with van der Waals surface area (Å²) in [7, 11) is 0. The molecule has 1 unspecified atom stereocenters. The molecule has 3 rings (SSSR count). The normalized spacial score (nSPS) is 21.1. The summed E-state index contributed by atoms with van der Waals surface area (Å²) in [6.07, 6.45) is 4.67. The number of rotatable bonds is 4. The van der Waals surface area contributed by atoms with Gasteiger partial charge in [0.05, 0.1) is 0 Å². The minimum absolute atomic E-state index is 0.177. The Kier molecular flexibility index (Phi) is 3.20. The molecule has 0 radical (unpaired) electrons. The summed E-state index contributed by atoms with van der Waals surface area (Å²) in [4.78, 5) is 18.5. The fourth-order valence-corrected chi connectivity index (χ4v) is 2.99. The van der Waals surface area contributed by atoms with Gasteiger partial charge < -0.3 is 10.2 Å². The van der Waals surface area contributed by atoms with Gasteiger partial charge in [0.25, 0.3) is 0 Å². The van der Waals surface area contributed by atoms with Crippen LogP contribution in [0.1, 0.15) is 44.3 Å². The molecule has 5 nitrogen and oxygen atoms in total. The van der Waals surface area contributed by atoms with Gasteiger partial charge in [0.1, 0.15) is 11.9 Å². The van der Waals surface area contributed by atoms with Crippen LogP contribution in [0.4, 0.5) is 5.13 Å². The van der Waals surface area contributed by atoms with Crippen LogP contribution < -0.4 is 5.32 Å². The SMILES string of the molecule is CC(Nc1nc(C2CC2)ns1)C(=O)N1CCCC1. The van der Waals surface area contributed by atoms with E-state index in [1.54, 1.807) is 0 Å². The summed E-state index contributed by atoms with van der Waals surface area (Å²) in [6.45, 7) is 3.70. The molecule has 18 heavy (non-hydrogen) atoms. The molecule has 6 heteroatoms. The average molecular weight is 266 g/mol. The van der Waals surface area contributed by atoms with Crippen LogP contribution in [0.25, 0.3) is 0 Å². The van der Waals surface area contributed by atoms with E-state index in [1.807, 2.05) is 11.8 Å². The smallest absolute Gasteiger partial charge is 0.244 e. The fraction of sp³-hybridized carbons (Fsp3) is 0.750. The second-order valence-electron chi connectivity index (χ2n) is 5.13. The zero-order chi connectivity index (χ0) is 12.5. The van der Waals surface area contributed by atoms with E-state index in [1.165, 1.54) is 24.4 Å². The Morgan fingerprint density at radius 1 is 1.44 bits per heavy atom. The highest BCUT2D eigenvalue weighted by Gasteiger charge is 2.29. The molecule has 1 amide bonds. The minimum atomic E-state index is -0.205. The first kappa shape index (κ1) is 11.9.